The van der Waals surface area contributed by atoms with Crippen molar-refractivity contribution in [3.8, 4) is 17.2 Å². The Morgan fingerprint density at radius 3 is 1.72 bits per heavy atom. The maximum Gasteiger partial charge on any atom is 0.266 e. The normalized spacial score (nSPS) is 10.4. The van der Waals surface area contributed by atoms with Crippen molar-refractivity contribution < 1.29 is 24.5 Å². The monoisotopic (exact) mass is 339 g/mol. The number of carbonyl (C=O) groups excluding carboxylic acids is 1. The zero-order valence-corrected chi connectivity index (χ0v) is 12.9. The minimum absolute atomic E-state index is 0.0236. The number of anilines is 2. The maximum absolute atomic E-state index is 13.6. The second kappa shape index (κ2) is 6.52. The third-order valence-electron chi connectivity index (χ3n) is 3.64. The van der Waals surface area contributed by atoms with Gasteiger partial charge in [-0.15, -0.1) is 0 Å². The summed E-state index contributed by atoms with van der Waals surface area (Å²) < 4.78 is 13.6. The van der Waals surface area contributed by atoms with Gasteiger partial charge in [-0.25, -0.2) is 4.39 Å². The Bertz CT molecular complexity index is 862. The van der Waals surface area contributed by atoms with E-state index in [1.807, 2.05) is 0 Å². The lowest BCUT2D eigenvalue weighted by Crippen LogP contribution is -2.26. The van der Waals surface area contributed by atoms with Crippen molar-refractivity contribution in [3.63, 3.8) is 0 Å². The van der Waals surface area contributed by atoms with Gasteiger partial charge in [0, 0.05) is 11.4 Å². The molecule has 0 heterocycles. The summed E-state index contributed by atoms with van der Waals surface area (Å²) in [6, 6.07) is 15.4. The number of hydrogen-bond donors (Lipinski definition) is 3. The van der Waals surface area contributed by atoms with E-state index in [4.69, 9.17) is 0 Å². The fourth-order valence-corrected chi connectivity index (χ4v) is 2.40. The van der Waals surface area contributed by atoms with Crippen LogP contribution < -0.4 is 4.90 Å². The number of para-hydroxylation sites is 1. The van der Waals surface area contributed by atoms with Crippen LogP contribution in [-0.4, -0.2) is 21.2 Å². The number of halogens is 1. The number of rotatable bonds is 3. The summed E-state index contributed by atoms with van der Waals surface area (Å²) in [6.45, 7) is 0. The largest absolute Gasteiger partial charge is 0.508 e. The van der Waals surface area contributed by atoms with Crippen molar-refractivity contribution in [1.82, 2.24) is 0 Å². The van der Waals surface area contributed by atoms with Crippen LogP contribution in [0.4, 0.5) is 15.8 Å². The molecule has 0 aliphatic carbocycles. The lowest BCUT2D eigenvalue weighted by Gasteiger charge is -2.23. The number of nitrogens with zero attached hydrogens (tertiary/aromatic N) is 1. The van der Waals surface area contributed by atoms with Crippen LogP contribution in [0.2, 0.25) is 0 Å². The van der Waals surface area contributed by atoms with E-state index in [0.29, 0.717) is 11.4 Å². The first-order chi connectivity index (χ1) is 12.0. The van der Waals surface area contributed by atoms with Gasteiger partial charge in [-0.05, 0) is 60.7 Å². The minimum Gasteiger partial charge on any atom is -0.508 e. The van der Waals surface area contributed by atoms with E-state index in [-0.39, 0.29) is 17.1 Å². The van der Waals surface area contributed by atoms with Crippen LogP contribution in [0.1, 0.15) is 10.4 Å². The van der Waals surface area contributed by atoms with E-state index in [1.165, 1.54) is 65.6 Å². The molecule has 0 fully saturated rings. The highest BCUT2D eigenvalue weighted by Gasteiger charge is 2.23. The van der Waals surface area contributed by atoms with Crippen molar-refractivity contribution in [3.05, 3.63) is 78.1 Å². The van der Waals surface area contributed by atoms with Gasteiger partial charge in [0.25, 0.3) is 5.91 Å². The number of amides is 1. The first-order valence-corrected chi connectivity index (χ1v) is 7.37. The zero-order valence-electron chi connectivity index (χ0n) is 12.9. The van der Waals surface area contributed by atoms with E-state index < -0.39 is 17.5 Å². The Morgan fingerprint density at radius 1 is 0.760 bits per heavy atom. The molecule has 126 valence electrons. The van der Waals surface area contributed by atoms with Crippen molar-refractivity contribution in [2.24, 2.45) is 0 Å². The summed E-state index contributed by atoms with van der Waals surface area (Å²) in [5, 5.41) is 28.8. The molecule has 0 saturated carbocycles. The first-order valence-electron chi connectivity index (χ1n) is 7.37. The quantitative estimate of drug-likeness (QED) is 0.675. The van der Waals surface area contributed by atoms with Gasteiger partial charge >= 0.3 is 0 Å². The van der Waals surface area contributed by atoms with Crippen LogP contribution in [-0.2, 0) is 0 Å². The molecule has 3 rings (SSSR count). The Morgan fingerprint density at radius 2 is 1.24 bits per heavy atom. The summed E-state index contributed by atoms with van der Waals surface area (Å²) >= 11 is 0. The standard InChI is InChI=1S/C19H14FNO4/c20-17-3-1-2-16(18(17)24)19(25)21(12-4-8-14(22)9-5-12)13-6-10-15(23)11-7-13/h1-11,22-24H. The van der Waals surface area contributed by atoms with Crippen LogP contribution in [0.15, 0.2) is 66.7 Å². The zero-order chi connectivity index (χ0) is 18.0. The van der Waals surface area contributed by atoms with Crippen molar-refractivity contribution in [2.45, 2.75) is 0 Å². The summed E-state index contributed by atoms with van der Waals surface area (Å²) in [5.74, 6) is -2.25. The van der Waals surface area contributed by atoms with Gasteiger partial charge < -0.3 is 15.3 Å². The molecule has 0 spiro atoms. The van der Waals surface area contributed by atoms with Gasteiger partial charge in [0.2, 0.25) is 0 Å². The first kappa shape index (κ1) is 16.3. The molecule has 0 radical (unpaired) electrons. The highest BCUT2D eigenvalue weighted by atomic mass is 19.1. The number of carbonyl (C=O) groups is 1. The van der Waals surface area contributed by atoms with Gasteiger partial charge in [0.1, 0.15) is 11.5 Å². The fraction of sp³-hybridized carbons (Fsp3) is 0. The lowest BCUT2D eigenvalue weighted by molar-refractivity contribution is 0.0996. The molecule has 0 unspecified atom stereocenters. The molecule has 0 aromatic heterocycles. The molecule has 0 saturated heterocycles. The third kappa shape index (κ3) is 3.23. The summed E-state index contributed by atoms with van der Waals surface area (Å²) in [7, 11) is 0. The summed E-state index contributed by atoms with van der Waals surface area (Å²) in [6.07, 6.45) is 0. The highest BCUT2D eigenvalue weighted by molar-refractivity contribution is 6.12. The number of aromatic hydroxyl groups is 3. The Balaban J connectivity index is 2.13. The maximum atomic E-state index is 13.6. The summed E-state index contributed by atoms with van der Waals surface area (Å²) in [5.41, 5.74) is 0.593. The molecular weight excluding hydrogens is 325 g/mol. The predicted molar refractivity (Wildman–Crippen MR) is 90.7 cm³/mol. The Kier molecular flexibility index (Phi) is 4.26. The molecule has 3 aromatic carbocycles. The molecule has 0 atom stereocenters. The van der Waals surface area contributed by atoms with Crippen LogP contribution in [0.25, 0.3) is 0 Å². The van der Waals surface area contributed by atoms with E-state index in [0.717, 1.165) is 6.07 Å². The smallest absolute Gasteiger partial charge is 0.266 e. The molecule has 5 nitrogen and oxygen atoms in total. The fourth-order valence-electron chi connectivity index (χ4n) is 2.40. The van der Waals surface area contributed by atoms with E-state index in [9.17, 15) is 24.5 Å². The predicted octanol–water partition coefficient (Wildman–Crippen LogP) is 3.92. The molecule has 3 N–H and O–H groups in total. The van der Waals surface area contributed by atoms with Crippen LogP contribution >= 0.6 is 0 Å². The van der Waals surface area contributed by atoms with E-state index >= 15 is 0 Å². The number of phenolic OH excluding ortho intramolecular Hbond substituents is 3. The second-order valence-corrected chi connectivity index (χ2v) is 5.31. The highest BCUT2D eigenvalue weighted by Crippen LogP contribution is 2.32. The third-order valence-corrected chi connectivity index (χ3v) is 3.64. The SMILES string of the molecule is O=C(c1cccc(F)c1O)N(c1ccc(O)cc1)c1ccc(O)cc1. The molecule has 6 heteroatoms. The van der Waals surface area contributed by atoms with Gasteiger partial charge in [0.05, 0.1) is 5.56 Å². The minimum atomic E-state index is -0.901. The van der Waals surface area contributed by atoms with Crippen LogP contribution in [0, 0.1) is 5.82 Å². The second-order valence-electron chi connectivity index (χ2n) is 5.31. The van der Waals surface area contributed by atoms with Crippen LogP contribution in [0.5, 0.6) is 17.2 Å². The molecule has 0 aliphatic heterocycles. The van der Waals surface area contributed by atoms with Crippen molar-refractivity contribution in [1.29, 1.82) is 0 Å². The summed E-state index contributed by atoms with van der Waals surface area (Å²) in [4.78, 5) is 14.2. The number of phenols is 3. The van der Waals surface area contributed by atoms with Gasteiger partial charge in [-0.2, -0.15) is 0 Å². The van der Waals surface area contributed by atoms with E-state index in [1.54, 1.807) is 0 Å². The average molecular weight is 339 g/mol. The lowest BCUT2D eigenvalue weighted by atomic mass is 10.1. The molecular formula is C19H14FNO4. The number of benzene rings is 3. The average Bonchev–Trinajstić information content (AvgIpc) is 2.61. The van der Waals surface area contributed by atoms with Crippen LogP contribution in [0.3, 0.4) is 0 Å². The number of hydrogen-bond acceptors (Lipinski definition) is 4. The van der Waals surface area contributed by atoms with Crippen molar-refractivity contribution >= 4 is 17.3 Å². The Hall–Kier alpha value is -3.54. The van der Waals surface area contributed by atoms with Gasteiger partial charge in [-0.1, -0.05) is 6.07 Å². The van der Waals surface area contributed by atoms with Crippen molar-refractivity contribution in [2.75, 3.05) is 4.90 Å². The molecule has 3 aromatic rings. The topological polar surface area (TPSA) is 81.0 Å². The molecule has 1 amide bonds. The van der Waals surface area contributed by atoms with Gasteiger partial charge in [-0.3, -0.25) is 9.69 Å². The molecule has 0 aliphatic rings. The Labute approximate surface area is 142 Å². The van der Waals surface area contributed by atoms with E-state index in [2.05, 4.69) is 0 Å². The molecule has 25 heavy (non-hydrogen) atoms. The molecule has 0 bridgehead atoms. The van der Waals surface area contributed by atoms with Gasteiger partial charge in [0.15, 0.2) is 11.6 Å².